The first-order valence-electron chi connectivity index (χ1n) is 4.93. The summed E-state index contributed by atoms with van der Waals surface area (Å²) in [6, 6.07) is 4.85. The van der Waals surface area contributed by atoms with Gasteiger partial charge >= 0.3 is 7.12 Å². The van der Waals surface area contributed by atoms with Crippen molar-refractivity contribution in [1.82, 2.24) is 0 Å². The lowest BCUT2D eigenvalue weighted by molar-refractivity contribution is 0.309. The zero-order chi connectivity index (χ0) is 11.3. The van der Waals surface area contributed by atoms with Crippen molar-refractivity contribution in [2.45, 2.75) is 19.8 Å². The molecule has 0 saturated heterocycles. The fourth-order valence-corrected chi connectivity index (χ4v) is 1.36. The molecule has 0 aliphatic carbocycles. The van der Waals surface area contributed by atoms with Gasteiger partial charge in [0.25, 0.3) is 0 Å². The molecule has 0 aliphatic heterocycles. The number of ether oxygens (including phenoxy) is 1. The SMILES string of the molecule is CCCCOc1ccc(Cl)c(B(O)O)c1. The third kappa shape index (κ3) is 3.74. The van der Waals surface area contributed by atoms with Crippen molar-refractivity contribution in [3.05, 3.63) is 23.2 Å². The van der Waals surface area contributed by atoms with Gasteiger partial charge in [-0.15, -0.1) is 0 Å². The quantitative estimate of drug-likeness (QED) is 0.588. The first kappa shape index (κ1) is 12.4. The summed E-state index contributed by atoms with van der Waals surface area (Å²) in [5.74, 6) is 0.607. The molecule has 0 fully saturated rings. The summed E-state index contributed by atoms with van der Waals surface area (Å²) in [7, 11) is -1.56. The van der Waals surface area contributed by atoms with E-state index in [1.165, 1.54) is 0 Å². The van der Waals surface area contributed by atoms with Crippen molar-refractivity contribution < 1.29 is 14.8 Å². The molecule has 0 aliphatic rings. The molecule has 82 valence electrons. The standard InChI is InChI=1S/C10H14BClO3/c1-2-3-6-15-8-4-5-10(12)9(7-8)11(13)14/h4-5,7,13-14H,2-3,6H2,1H3. The average molecular weight is 228 g/mol. The Morgan fingerprint density at radius 2 is 2.13 bits per heavy atom. The van der Waals surface area contributed by atoms with Crippen molar-refractivity contribution >= 4 is 24.2 Å². The van der Waals surface area contributed by atoms with Crippen LogP contribution in [-0.2, 0) is 0 Å². The topological polar surface area (TPSA) is 49.7 Å². The Kier molecular flexibility index (Phi) is 4.95. The van der Waals surface area contributed by atoms with Crippen LogP contribution in [0, 0.1) is 0 Å². The van der Waals surface area contributed by atoms with E-state index in [4.69, 9.17) is 26.4 Å². The predicted molar refractivity (Wildman–Crippen MR) is 61.7 cm³/mol. The highest BCUT2D eigenvalue weighted by atomic mass is 35.5. The van der Waals surface area contributed by atoms with Gasteiger partial charge in [-0.25, -0.2) is 0 Å². The number of rotatable bonds is 5. The van der Waals surface area contributed by atoms with E-state index in [1.807, 2.05) is 0 Å². The summed E-state index contributed by atoms with van der Waals surface area (Å²) in [5, 5.41) is 18.4. The molecule has 0 spiro atoms. The van der Waals surface area contributed by atoms with Crippen LogP contribution in [0.5, 0.6) is 5.75 Å². The Hall–Kier alpha value is -0.705. The van der Waals surface area contributed by atoms with Gasteiger partial charge in [0.15, 0.2) is 0 Å². The van der Waals surface area contributed by atoms with Crippen LogP contribution in [0.15, 0.2) is 18.2 Å². The number of unbranched alkanes of at least 4 members (excludes halogenated alkanes) is 1. The second-order valence-corrected chi connectivity index (χ2v) is 3.67. The van der Waals surface area contributed by atoms with E-state index in [0.29, 0.717) is 17.4 Å². The molecule has 0 atom stereocenters. The minimum Gasteiger partial charge on any atom is -0.494 e. The number of hydrogen-bond acceptors (Lipinski definition) is 3. The van der Waals surface area contributed by atoms with Gasteiger partial charge in [-0.1, -0.05) is 24.9 Å². The molecule has 0 unspecified atom stereocenters. The number of benzene rings is 1. The minimum absolute atomic E-state index is 0.269. The first-order valence-corrected chi connectivity index (χ1v) is 5.31. The predicted octanol–water partition coefficient (Wildman–Crippen LogP) is 1.20. The summed E-state index contributed by atoms with van der Waals surface area (Å²) in [6.07, 6.45) is 2.03. The van der Waals surface area contributed by atoms with Gasteiger partial charge in [-0.05, 0) is 24.6 Å². The smallest absolute Gasteiger partial charge is 0.490 e. The maximum Gasteiger partial charge on any atom is 0.490 e. The maximum absolute atomic E-state index is 9.02. The van der Waals surface area contributed by atoms with Crippen molar-refractivity contribution in [3.63, 3.8) is 0 Å². The van der Waals surface area contributed by atoms with E-state index in [1.54, 1.807) is 18.2 Å². The molecular weight excluding hydrogens is 214 g/mol. The largest absolute Gasteiger partial charge is 0.494 e. The first-order chi connectivity index (χ1) is 7.15. The van der Waals surface area contributed by atoms with Crippen molar-refractivity contribution in [2.75, 3.05) is 6.61 Å². The van der Waals surface area contributed by atoms with Crippen LogP contribution >= 0.6 is 11.6 Å². The number of halogens is 1. The normalized spacial score (nSPS) is 10.1. The van der Waals surface area contributed by atoms with Crippen LogP contribution in [0.25, 0.3) is 0 Å². The van der Waals surface area contributed by atoms with E-state index in [0.717, 1.165) is 12.8 Å². The van der Waals surface area contributed by atoms with Gasteiger partial charge in [0.05, 0.1) is 6.61 Å². The Labute approximate surface area is 94.8 Å². The molecule has 0 radical (unpaired) electrons. The third-order valence-electron chi connectivity index (χ3n) is 2.01. The lowest BCUT2D eigenvalue weighted by atomic mass is 9.80. The molecule has 0 bridgehead atoms. The lowest BCUT2D eigenvalue weighted by Crippen LogP contribution is -2.30. The van der Waals surface area contributed by atoms with E-state index in [2.05, 4.69) is 6.92 Å². The van der Waals surface area contributed by atoms with E-state index in [-0.39, 0.29) is 5.46 Å². The van der Waals surface area contributed by atoms with E-state index < -0.39 is 7.12 Å². The maximum atomic E-state index is 9.02. The molecule has 1 rings (SSSR count). The minimum atomic E-state index is -1.56. The highest BCUT2D eigenvalue weighted by Gasteiger charge is 2.15. The van der Waals surface area contributed by atoms with Gasteiger partial charge in [0, 0.05) is 10.5 Å². The summed E-state index contributed by atoms with van der Waals surface area (Å²) >= 11 is 5.78. The van der Waals surface area contributed by atoms with Crippen molar-refractivity contribution in [2.24, 2.45) is 0 Å². The van der Waals surface area contributed by atoms with Crippen molar-refractivity contribution in [3.8, 4) is 5.75 Å². The Morgan fingerprint density at radius 3 is 2.73 bits per heavy atom. The molecule has 0 amide bonds. The van der Waals surface area contributed by atoms with Gasteiger partial charge in [0.2, 0.25) is 0 Å². The molecule has 1 aromatic carbocycles. The summed E-state index contributed by atoms with van der Waals surface area (Å²) < 4.78 is 5.41. The molecule has 15 heavy (non-hydrogen) atoms. The van der Waals surface area contributed by atoms with Gasteiger partial charge in [0.1, 0.15) is 5.75 Å². The number of hydrogen-bond donors (Lipinski definition) is 2. The molecule has 3 nitrogen and oxygen atoms in total. The highest BCUT2D eigenvalue weighted by Crippen LogP contribution is 2.14. The van der Waals surface area contributed by atoms with E-state index in [9.17, 15) is 0 Å². The Balaban J connectivity index is 2.70. The Bertz CT molecular complexity index is 318. The van der Waals surface area contributed by atoms with Crippen LogP contribution in [0.4, 0.5) is 0 Å². The van der Waals surface area contributed by atoms with Crippen molar-refractivity contribution in [1.29, 1.82) is 0 Å². The molecule has 1 aromatic rings. The Morgan fingerprint density at radius 1 is 1.40 bits per heavy atom. The molecule has 5 heteroatoms. The molecule has 2 N–H and O–H groups in total. The fraction of sp³-hybridized carbons (Fsp3) is 0.400. The van der Waals surface area contributed by atoms with Crippen LogP contribution in [0.3, 0.4) is 0 Å². The van der Waals surface area contributed by atoms with Crippen LogP contribution in [0.1, 0.15) is 19.8 Å². The lowest BCUT2D eigenvalue weighted by Gasteiger charge is -2.08. The van der Waals surface area contributed by atoms with E-state index >= 15 is 0 Å². The monoisotopic (exact) mass is 228 g/mol. The molecular formula is C10H14BClO3. The van der Waals surface area contributed by atoms with Crippen LogP contribution in [-0.4, -0.2) is 23.8 Å². The third-order valence-corrected chi connectivity index (χ3v) is 2.36. The van der Waals surface area contributed by atoms with Gasteiger partial charge in [-0.2, -0.15) is 0 Å². The van der Waals surface area contributed by atoms with Crippen LogP contribution < -0.4 is 10.2 Å². The summed E-state index contributed by atoms with van der Waals surface area (Å²) in [6.45, 7) is 2.70. The molecule has 0 saturated carbocycles. The summed E-state index contributed by atoms with van der Waals surface area (Å²) in [5.41, 5.74) is 0.269. The molecule has 0 aromatic heterocycles. The fourth-order valence-electron chi connectivity index (χ4n) is 1.14. The zero-order valence-electron chi connectivity index (χ0n) is 8.61. The summed E-state index contributed by atoms with van der Waals surface area (Å²) in [4.78, 5) is 0. The average Bonchev–Trinajstić information content (AvgIpc) is 2.20. The van der Waals surface area contributed by atoms with Gasteiger partial charge < -0.3 is 14.8 Å². The highest BCUT2D eigenvalue weighted by molar-refractivity contribution is 6.62. The van der Waals surface area contributed by atoms with Crippen LogP contribution in [0.2, 0.25) is 5.02 Å². The second-order valence-electron chi connectivity index (χ2n) is 3.26. The second kappa shape index (κ2) is 6.00. The van der Waals surface area contributed by atoms with Gasteiger partial charge in [-0.3, -0.25) is 0 Å². The zero-order valence-corrected chi connectivity index (χ0v) is 9.37. The molecule has 0 heterocycles.